The molecule has 2 heterocycles. The van der Waals surface area contributed by atoms with Gasteiger partial charge in [-0.1, -0.05) is 23.9 Å². The Morgan fingerprint density at radius 1 is 1.41 bits per heavy atom. The first-order valence-electron chi connectivity index (χ1n) is 10.3. The lowest BCUT2D eigenvalue weighted by Crippen LogP contribution is -2.18. The predicted octanol–water partition coefficient (Wildman–Crippen LogP) is 4.49. The van der Waals surface area contributed by atoms with Crippen molar-refractivity contribution in [3.8, 4) is 11.8 Å². The van der Waals surface area contributed by atoms with E-state index in [0.717, 1.165) is 29.9 Å². The van der Waals surface area contributed by atoms with Gasteiger partial charge in [0, 0.05) is 18.2 Å². The lowest BCUT2D eigenvalue weighted by atomic mass is 10.2. The van der Waals surface area contributed by atoms with Crippen LogP contribution in [0.3, 0.4) is 0 Å². The molecule has 0 unspecified atom stereocenters. The number of aromatic nitrogens is 4. The summed E-state index contributed by atoms with van der Waals surface area (Å²) >= 11 is 1.29. The van der Waals surface area contributed by atoms with E-state index in [1.54, 1.807) is 22.8 Å². The summed E-state index contributed by atoms with van der Waals surface area (Å²) in [6.45, 7) is 8.03. The minimum atomic E-state index is -0.396. The van der Waals surface area contributed by atoms with Crippen LogP contribution in [0.2, 0.25) is 0 Å². The third-order valence-electron chi connectivity index (χ3n) is 5.48. The fraction of sp³-hybridized carbons (Fsp3) is 0.304. The molecule has 0 saturated heterocycles. The zero-order valence-corrected chi connectivity index (χ0v) is 18.7. The summed E-state index contributed by atoms with van der Waals surface area (Å²) in [5, 5.41) is 21.8. The number of thioether (sulfide) groups is 1. The number of anilines is 1. The molecular weight excluding hydrogens is 427 g/mol. The molecule has 3 aromatic rings. The lowest BCUT2D eigenvalue weighted by Gasteiger charge is -2.13. The third kappa shape index (κ3) is 4.18. The normalized spacial score (nSPS) is 13.1. The number of carbonyl (C=O) groups excluding carboxylic acids is 1. The van der Waals surface area contributed by atoms with Crippen LogP contribution in [0.1, 0.15) is 41.4 Å². The largest absolute Gasteiger partial charge is 0.310 e. The summed E-state index contributed by atoms with van der Waals surface area (Å²) in [6.07, 6.45) is 4.00. The number of rotatable bonds is 8. The second-order valence-corrected chi connectivity index (χ2v) is 8.65. The molecule has 1 N–H and O–H groups in total. The van der Waals surface area contributed by atoms with Gasteiger partial charge in [-0.05, 0) is 50.5 Å². The maximum absolute atomic E-state index is 13.8. The summed E-state index contributed by atoms with van der Waals surface area (Å²) in [5.74, 6) is 1.12. The molecule has 4 rings (SSSR count). The van der Waals surface area contributed by atoms with Gasteiger partial charge in [-0.3, -0.25) is 9.36 Å². The summed E-state index contributed by atoms with van der Waals surface area (Å²) in [4.78, 5) is 12.8. The van der Waals surface area contributed by atoms with E-state index in [4.69, 9.17) is 0 Å². The molecule has 1 fully saturated rings. The molecule has 2 aromatic heterocycles. The molecule has 9 heteroatoms. The molecule has 0 radical (unpaired) electrons. The van der Waals surface area contributed by atoms with Crippen molar-refractivity contribution in [1.29, 1.82) is 5.26 Å². The average molecular weight is 451 g/mol. The highest BCUT2D eigenvalue weighted by Crippen LogP contribution is 2.40. The number of benzene rings is 1. The predicted molar refractivity (Wildman–Crippen MR) is 121 cm³/mol. The zero-order valence-electron chi connectivity index (χ0n) is 17.9. The van der Waals surface area contributed by atoms with Gasteiger partial charge in [0.1, 0.15) is 23.5 Å². The summed E-state index contributed by atoms with van der Waals surface area (Å²) < 4.78 is 17.5. The number of nitrogens with zero attached hydrogens (tertiary/aromatic N) is 5. The number of amides is 1. The number of hydrogen-bond donors (Lipinski definition) is 1. The Hall–Kier alpha value is -3.38. The Morgan fingerprint density at radius 2 is 2.19 bits per heavy atom. The van der Waals surface area contributed by atoms with Gasteiger partial charge in [-0.15, -0.1) is 16.8 Å². The van der Waals surface area contributed by atoms with Gasteiger partial charge in [0.05, 0.1) is 17.0 Å². The van der Waals surface area contributed by atoms with Gasteiger partial charge in [0.25, 0.3) is 0 Å². The molecule has 1 aromatic carbocycles. The van der Waals surface area contributed by atoms with Crippen LogP contribution in [0, 0.1) is 31.0 Å². The van der Waals surface area contributed by atoms with Crippen molar-refractivity contribution in [3.63, 3.8) is 0 Å². The maximum atomic E-state index is 13.8. The van der Waals surface area contributed by atoms with Crippen molar-refractivity contribution in [1.82, 2.24) is 19.3 Å². The van der Waals surface area contributed by atoms with E-state index in [2.05, 4.69) is 28.2 Å². The van der Waals surface area contributed by atoms with Crippen LogP contribution < -0.4 is 5.32 Å². The third-order valence-corrected chi connectivity index (χ3v) is 6.45. The van der Waals surface area contributed by atoms with Crippen LogP contribution in [0.4, 0.5) is 10.2 Å². The highest BCUT2D eigenvalue weighted by Gasteiger charge is 2.30. The number of nitrogens with one attached hydrogen (secondary N) is 1. The molecule has 0 spiro atoms. The van der Waals surface area contributed by atoms with Gasteiger partial charge < -0.3 is 9.88 Å². The van der Waals surface area contributed by atoms with Gasteiger partial charge in [0.2, 0.25) is 5.91 Å². The van der Waals surface area contributed by atoms with Crippen molar-refractivity contribution in [2.24, 2.45) is 0 Å². The number of nitriles is 1. The number of hydrogen-bond acceptors (Lipinski definition) is 5. The molecule has 164 valence electrons. The molecule has 1 amide bonds. The van der Waals surface area contributed by atoms with E-state index in [9.17, 15) is 14.4 Å². The smallest absolute Gasteiger partial charge is 0.236 e. The summed E-state index contributed by atoms with van der Waals surface area (Å²) in [5.41, 5.74) is 2.39. The van der Waals surface area contributed by atoms with E-state index >= 15 is 0 Å². The maximum Gasteiger partial charge on any atom is 0.236 e. The SMILES string of the molecule is C=CCn1c(SCC(=O)Nc2c(C#N)c(C)c(C)n2-c2cccc(F)c2)nnc1C1CC1. The van der Waals surface area contributed by atoms with Crippen molar-refractivity contribution in [3.05, 3.63) is 65.4 Å². The van der Waals surface area contributed by atoms with Crippen molar-refractivity contribution in [2.75, 3.05) is 11.1 Å². The summed E-state index contributed by atoms with van der Waals surface area (Å²) in [6, 6.07) is 8.21. The summed E-state index contributed by atoms with van der Waals surface area (Å²) in [7, 11) is 0. The van der Waals surface area contributed by atoms with E-state index < -0.39 is 5.82 Å². The van der Waals surface area contributed by atoms with Gasteiger partial charge >= 0.3 is 0 Å². The first-order valence-corrected chi connectivity index (χ1v) is 11.3. The van der Waals surface area contributed by atoms with Gasteiger partial charge in [0.15, 0.2) is 5.16 Å². The molecule has 7 nitrogen and oxygen atoms in total. The van der Waals surface area contributed by atoms with Crippen LogP contribution in [-0.2, 0) is 11.3 Å². The van der Waals surface area contributed by atoms with E-state index in [1.807, 2.05) is 18.4 Å². The highest BCUT2D eigenvalue weighted by molar-refractivity contribution is 7.99. The van der Waals surface area contributed by atoms with Crippen LogP contribution in [0.15, 0.2) is 42.1 Å². The second-order valence-electron chi connectivity index (χ2n) is 7.71. The van der Waals surface area contributed by atoms with Crippen molar-refractivity contribution >= 4 is 23.5 Å². The second kappa shape index (κ2) is 9.01. The Kier molecular flexibility index (Phi) is 6.15. The molecule has 0 bridgehead atoms. The minimum absolute atomic E-state index is 0.0945. The molecule has 32 heavy (non-hydrogen) atoms. The molecule has 0 atom stereocenters. The van der Waals surface area contributed by atoms with E-state index in [0.29, 0.717) is 34.7 Å². The standard InChI is InChI=1S/C23H23FN6OS/c1-4-10-29-21(16-8-9-16)27-28-23(29)32-13-20(31)26-22-19(12-25)14(2)15(3)30(22)18-7-5-6-17(24)11-18/h4-7,11,16H,1,8-10,13H2,2-3H3,(H,26,31). The number of halogens is 1. The Labute approximate surface area is 190 Å². The molecule has 1 aliphatic rings. The van der Waals surface area contributed by atoms with E-state index in [-0.39, 0.29) is 11.7 Å². The first kappa shape index (κ1) is 21.8. The topological polar surface area (TPSA) is 88.5 Å². The Bertz CT molecular complexity index is 1230. The number of allylic oxidation sites excluding steroid dienone is 1. The average Bonchev–Trinajstić information content (AvgIpc) is 3.49. The van der Waals surface area contributed by atoms with Crippen molar-refractivity contribution < 1.29 is 9.18 Å². The van der Waals surface area contributed by atoms with Crippen LogP contribution in [-0.4, -0.2) is 31.0 Å². The monoisotopic (exact) mass is 450 g/mol. The van der Waals surface area contributed by atoms with Crippen LogP contribution in [0.25, 0.3) is 5.69 Å². The molecular formula is C23H23FN6OS. The molecule has 1 aliphatic carbocycles. The quantitative estimate of drug-likeness (QED) is 0.403. The lowest BCUT2D eigenvalue weighted by molar-refractivity contribution is -0.113. The number of carbonyl (C=O) groups is 1. The van der Waals surface area contributed by atoms with Crippen LogP contribution >= 0.6 is 11.8 Å². The van der Waals surface area contributed by atoms with E-state index in [1.165, 1.54) is 23.9 Å². The zero-order chi connectivity index (χ0) is 22.8. The fourth-order valence-corrected chi connectivity index (χ4v) is 4.40. The minimum Gasteiger partial charge on any atom is -0.310 e. The van der Waals surface area contributed by atoms with Crippen LogP contribution in [0.5, 0.6) is 0 Å². The Balaban J connectivity index is 1.57. The van der Waals surface area contributed by atoms with Gasteiger partial charge in [-0.25, -0.2) is 4.39 Å². The molecule has 1 saturated carbocycles. The first-order chi connectivity index (χ1) is 15.4. The Morgan fingerprint density at radius 3 is 2.84 bits per heavy atom. The van der Waals surface area contributed by atoms with Crippen molar-refractivity contribution in [2.45, 2.75) is 44.3 Å². The molecule has 0 aliphatic heterocycles. The van der Waals surface area contributed by atoms with Gasteiger partial charge in [-0.2, -0.15) is 5.26 Å². The highest BCUT2D eigenvalue weighted by atomic mass is 32.2. The fourth-order valence-electron chi connectivity index (χ4n) is 3.65.